The highest BCUT2D eigenvalue weighted by molar-refractivity contribution is 5.17. The highest BCUT2D eigenvalue weighted by Crippen LogP contribution is 2.42. The van der Waals surface area contributed by atoms with E-state index in [9.17, 15) is 5.11 Å². The second-order valence-corrected chi connectivity index (χ2v) is 4.86. The minimum absolute atomic E-state index is 0.399. The Morgan fingerprint density at radius 3 is 2.94 bits per heavy atom. The number of aromatic nitrogens is 2. The number of aryl methyl sites for hydroxylation is 1. The summed E-state index contributed by atoms with van der Waals surface area (Å²) >= 11 is 0. The second-order valence-electron chi connectivity index (χ2n) is 4.86. The highest BCUT2D eigenvalue weighted by atomic mass is 16.3. The molecule has 1 aliphatic rings. The fourth-order valence-electron chi connectivity index (χ4n) is 2.91. The predicted molar refractivity (Wildman–Crippen MR) is 64.0 cm³/mol. The van der Waals surface area contributed by atoms with Crippen LogP contribution in [0.1, 0.15) is 51.5 Å². The zero-order chi connectivity index (χ0) is 11.6. The summed E-state index contributed by atoms with van der Waals surface area (Å²) in [5.41, 5.74) is 0.390. The third kappa shape index (κ3) is 1.88. The number of aliphatic hydroxyl groups is 1. The molecular weight excluding hydrogens is 200 g/mol. The minimum Gasteiger partial charge on any atom is -0.385 e. The summed E-state index contributed by atoms with van der Waals surface area (Å²) in [6, 6.07) is 0. The molecule has 2 atom stereocenters. The molecule has 0 spiro atoms. The van der Waals surface area contributed by atoms with Crippen molar-refractivity contribution in [2.45, 2.75) is 58.1 Å². The summed E-state index contributed by atoms with van der Waals surface area (Å²) in [4.78, 5) is 0. The van der Waals surface area contributed by atoms with Gasteiger partial charge in [-0.1, -0.05) is 26.2 Å². The summed E-state index contributed by atoms with van der Waals surface area (Å²) in [6.45, 7) is 5.11. The minimum atomic E-state index is -0.625. The van der Waals surface area contributed by atoms with Crippen molar-refractivity contribution < 1.29 is 5.11 Å². The summed E-state index contributed by atoms with van der Waals surface area (Å²) in [6.07, 6.45) is 9.32. The van der Waals surface area contributed by atoms with Gasteiger partial charge in [-0.2, -0.15) is 5.10 Å². The lowest BCUT2D eigenvalue weighted by Crippen LogP contribution is -2.37. The maximum absolute atomic E-state index is 10.9. The van der Waals surface area contributed by atoms with Gasteiger partial charge in [-0.05, 0) is 25.7 Å². The molecule has 0 bridgehead atoms. The van der Waals surface area contributed by atoms with Crippen LogP contribution in [0.25, 0.3) is 0 Å². The van der Waals surface area contributed by atoms with E-state index in [1.54, 1.807) is 0 Å². The molecule has 0 amide bonds. The second kappa shape index (κ2) is 4.58. The first-order chi connectivity index (χ1) is 7.70. The molecule has 2 rings (SSSR count). The van der Waals surface area contributed by atoms with E-state index >= 15 is 0 Å². The summed E-state index contributed by atoms with van der Waals surface area (Å²) in [7, 11) is 0. The van der Waals surface area contributed by atoms with Crippen LogP contribution >= 0.6 is 0 Å². The SMILES string of the molecule is CCC1CCCCC1(O)c1cnn(CC)c1. The fourth-order valence-corrected chi connectivity index (χ4v) is 2.91. The molecule has 1 aromatic heterocycles. The van der Waals surface area contributed by atoms with E-state index in [1.165, 1.54) is 6.42 Å². The third-order valence-electron chi connectivity index (χ3n) is 3.99. The van der Waals surface area contributed by atoms with Crippen LogP contribution in [0.3, 0.4) is 0 Å². The fraction of sp³-hybridized carbons (Fsp3) is 0.769. The monoisotopic (exact) mass is 222 g/mol. The topological polar surface area (TPSA) is 38.1 Å². The molecule has 1 saturated carbocycles. The van der Waals surface area contributed by atoms with E-state index in [1.807, 2.05) is 17.1 Å². The Bertz CT molecular complexity index is 347. The summed E-state index contributed by atoms with van der Waals surface area (Å²) in [5, 5.41) is 15.1. The lowest BCUT2D eigenvalue weighted by atomic mass is 9.71. The molecule has 1 heterocycles. The van der Waals surface area contributed by atoms with Crippen LogP contribution in [0.15, 0.2) is 12.4 Å². The van der Waals surface area contributed by atoms with Crippen molar-refractivity contribution >= 4 is 0 Å². The van der Waals surface area contributed by atoms with Gasteiger partial charge in [0.2, 0.25) is 0 Å². The molecule has 3 heteroatoms. The molecule has 16 heavy (non-hydrogen) atoms. The van der Waals surface area contributed by atoms with Crippen LogP contribution < -0.4 is 0 Å². The molecule has 1 aliphatic carbocycles. The van der Waals surface area contributed by atoms with Gasteiger partial charge in [0.05, 0.1) is 11.8 Å². The van der Waals surface area contributed by atoms with Gasteiger partial charge in [0.15, 0.2) is 0 Å². The van der Waals surface area contributed by atoms with Gasteiger partial charge in [-0.25, -0.2) is 0 Å². The number of hydrogen-bond donors (Lipinski definition) is 1. The lowest BCUT2D eigenvalue weighted by Gasteiger charge is -2.39. The van der Waals surface area contributed by atoms with Crippen LogP contribution in [0, 0.1) is 5.92 Å². The molecule has 2 unspecified atom stereocenters. The third-order valence-corrected chi connectivity index (χ3v) is 3.99. The van der Waals surface area contributed by atoms with Crippen LogP contribution in [0.4, 0.5) is 0 Å². The molecular formula is C13H22N2O. The first-order valence-corrected chi connectivity index (χ1v) is 6.46. The molecule has 0 aliphatic heterocycles. The lowest BCUT2D eigenvalue weighted by molar-refractivity contribution is -0.0558. The van der Waals surface area contributed by atoms with Crippen molar-refractivity contribution in [3.8, 4) is 0 Å². The van der Waals surface area contributed by atoms with E-state index in [0.717, 1.165) is 37.8 Å². The van der Waals surface area contributed by atoms with E-state index in [4.69, 9.17) is 0 Å². The van der Waals surface area contributed by atoms with Crippen molar-refractivity contribution in [2.24, 2.45) is 5.92 Å². The molecule has 90 valence electrons. The van der Waals surface area contributed by atoms with Gasteiger partial charge >= 0.3 is 0 Å². The molecule has 1 fully saturated rings. The van der Waals surface area contributed by atoms with Gasteiger partial charge in [-0.15, -0.1) is 0 Å². The van der Waals surface area contributed by atoms with Gasteiger partial charge in [0.25, 0.3) is 0 Å². The van der Waals surface area contributed by atoms with Crippen molar-refractivity contribution in [3.05, 3.63) is 18.0 Å². The largest absolute Gasteiger partial charge is 0.385 e. The van der Waals surface area contributed by atoms with Crippen molar-refractivity contribution in [1.29, 1.82) is 0 Å². The van der Waals surface area contributed by atoms with E-state index in [0.29, 0.717) is 5.92 Å². The van der Waals surface area contributed by atoms with Crippen LogP contribution in [-0.4, -0.2) is 14.9 Å². The Morgan fingerprint density at radius 2 is 2.31 bits per heavy atom. The van der Waals surface area contributed by atoms with Gasteiger partial charge < -0.3 is 5.11 Å². The normalized spacial score (nSPS) is 30.6. The Morgan fingerprint density at radius 1 is 1.50 bits per heavy atom. The zero-order valence-electron chi connectivity index (χ0n) is 10.3. The van der Waals surface area contributed by atoms with Crippen molar-refractivity contribution in [1.82, 2.24) is 9.78 Å². The maximum atomic E-state index is 10.9. The first kappa shape index (κ1) is 11.6. The smallest absolute Gasteiger partial charge is 0.0954 e. The van der Waals surface area contributed by atoms with E-state index in [-0.39, 0.29) is 0 Å². The van der Waals surface area contributed by atoms with Crippen LogP contribution in [0.2, 0.25) is 0 Å². The van der Waals surface area contributed by atoms with E-state index < -0.39 is 5.60 Å². The number of nitrogens with zero attached hydrogens (tertiary/aromatic N) is 2. The maximum Gasteiger partial charge on any atom is 0.0954 e. The number of rotatable bonds is 3. The predicted octanol–water partition coefficient (Wildman–Crippen LogP) is 2.69. The van der Waals surface area contributed by atoms with Crippen LogP contribution in [-0.2, 0) is 12.1 Å². The van der Waals surface area contributed by atoms with Gasteiger partial charge in [-0.3, -0.25) is 4.68 Å². The highest BCUT2D eigenvalue weighted by Gasteiger charge is 2.40. The van der Waals surface area contributed by atoms with Crippen molar-refractivity contribution in [3.63, 3.8) is 0 Å². The molecule has 1 aromatic rings. The average molecular weight is 222 g/mol. The van der Waals surface area contributed by atoms with E-state index in [2.05, 4.69) is 18.9 Å². The molecule has 1 N–H and O–H groups in total. The first-order valence-electron chi connectivity index (χ1n) is 6.46. The Labute approximate surface area is 97.5 Å². The zero-order valence-corrected chi connectivity index (χ0v) is 10.3. The number of hydrogen-bond acceptors (Lipinski definition) is 2. The summed E-state index contributed by atoms with van der Waals surface area (Å²) in [5.74, 6) is 0.399. The standard InChI is InChI=1S/C13H22N2O/c1-3-11-7-5-6-8-13(11,16)12-9-14-15(4-2)10-12/h9-11,16H,3-8H2,1-2H3. The van der Waals surface area contributed by atoms with Crippen LogP contribution in [0.5, 0.6) is 0 Å². The van der Waals surface area contributed by atoms with Gasteiger partial charge in [0, 0.05) is 18.3 Å². The molecule has 0 radical (unpaired) electrons. The molecule has 0 saturated heterocycles. The Kier molecular flexibility index (Phi) is 3.33. The molecule has 0 aromatic carbocycles. The summed E-state index contributed by atoms with van der Waals surface area (Å²) < 4.78 is 1.90. The Hall–Kier alpha value is -0.830. The van der Waals surface area contributed by atoms with Gasteiger partial charge in [0.1, 0.15) is 0 Å². The average Bonchev–Trinajstić information content (AvgIpc) is 2.78. The molecule has 3 nitrogen and oxygen atoms in total. The quantitative estimate of drug-likeness (QED) is 0.854. The van der Waals surface area contributed by atoms with Crippen molar-refractivity contribution in [2.75, 3.05) is 0 Å². The Balaban J connectivity index is 2.27.